The molecule has 92 valence electrons. The second kappa shape index (κ2) is 5.14. The quantitative estimate of drug-likeness (QED) is 0.900. The van der Waals surface area contributed by atoms with E-state index in [1.54, 1.807) is 26.4 Å². The number of methoxy groups -OCH3 is 2. The minimum absolute atomic E-state index is 0.476. The van der Waals surface area contributed by atoms with Crippen LogP contribution in [0, 0.1) is 0 Å². The minimum atomic E-state index is 0.476. The van der Waals surface area contributed by atoms with E-state index in [2.05, 4.69) is 10.3 Å². The van der Waals surface area contributed by atoms with Gasteiger partial charge in [-0.15, -0.1) is 0 Å². The maximum Gasteiger partial charge on any atom is 0.289 e. The molecule has 5 nitrogen and oxygen atoms in total. The Morgan fingerprint density at radius 2 is 2.06 bits per heavy atom. The summed E-state index contributed by atoms with van der Waals surface area (Å²) in [6, 6.07) is 3.90. The molecule has 0 unspecified atom stereocenters. The van der Waals surface area contributed by atoms with Crippen molar-refractivity contribution in [3.8, 4) is 11.5 Å². The highest BCUT2D eigenvalue weighted by atomic mass is 35.5. The fourth-order valence-corrected chi connectivity index (χ4v) is 1.72. The normalized spacial score (nSPS) is 13.9. The molecule has 1 aliphatic rings. The predicted octanol–water partition coefficient (Wildman–Crippen LogP) is 2.16. The fourth-order valence-electron chi connectivity index (χ4n) is 1.48. The minimum Gasteiger partial charge on any atom is -0.495 e. The maximum absolute atomic E-state index is 6.04. The van der Waals surface area contributed by atoms with Gasteiger partial charge in [0, 0.05) is 6.07 Å². The second-order valence-electron chi connectivity index (χ2n) is 3.35. The Kier molecular flexibility index (Phi) is 3.58. The van der Waals surface area contributed by atoms with Crippen LogP contribution in [-0.2, 0) is 4.74 Å². The van der Waals surface area contributed by atoms with E-state index in [-0.39, 0.29) is 0 Å². The standard InChI is InChI=1S/C11H13ClN2O3/c1-15-9-6-10(16-2)8(5-7(9)12)14-11-13-3-4-17-11/h5-6H,3-4H2,1-2H3,(H,13,14). The van der Waals surface area contributed by atoms with Crippen molar-refractivity contribution in [1.82, 2.24) is 0 Å². The van der Waals surface area contributed by atoms with Crippen LogP contribution in [0.15, 0.2) is 17.1 Å². The Balaban J connectivity index is 2.28. The van der Waals surface area contributed by atoms with Gasteiger partial charge in [0.25, 0.3) is 6.02 Å². The number of hydrogen-bond acceptors (Lipinski definition) is 5. The first-order chi connectivity index (χ1) is 8.24. The molecule has 0 spiro atoms. The molecule has 1 aromatic carbocycles. The molecule has 0 saturated carbocycles. The molecule has 0 fully saturated rings. The molecule has 1 aromatic rings. The zero-order valence-corrected chi connectivity index (χ0v) is 10.4. The Hall–Kier alpha value is -1.62. The van der Waals surface area contributed by atoms with Crippen molar-refractivity contribution in [2.45, 2.75) is 0 Å². The van der Waals surface area contributed by atoms with Crippen LogP contribution < -0.4 is 14.8 Å². The zero-order valence-electron chi connectivity index (χ0n) is 9.62. The number of ether oxygens (including phenoxy) is 3. The Bertz CT molecular complexity index is 449. The number of nitrogens with one attached hydrogen (secondary N) is 1. The van der Waals surface area contributed by atoms with Crippen molar-refractivity contribution in [2.24, 2.45) is 4.99 Å². The number of benzene rings is 1. The van der Waals surface area contributed by atoms with Crippen molar-refractivity contribution in [2.75, 3.05) is 32.7 Å². The number of halogens is 1. The zero-order chi connectivity index (χ0) is 12.3. The van der Waals surface area contributed by atoms with Crippen LogP contribution in [0.2, 0.25) is 5.02 Å². The van der Waals surface area contributed by atoms with E-state index in [9.17, 15) is 0 Å². The van der Waals surface area contributed by atoms with E-state index < -0.39 is 0 Å². The lowest BCUT2D eigenvalue weighted by Crippen LogP contribution is -2.12. The van der Waals surface area contributed by atoms with E-state index >= 15 is 0 Å². The van der Waals surface area contributed by atoms with Crippen LogP contribution in [0.25, 0.3) is 0 Å². The smallest absolute Gasteiger partial charge is 0.289 e. The van der Waals surface area contributed by atoms with Crippen LogP contribution >= 0.6 is 11.6 Å². The van der Waals surface area contributed by atoms with Crippen LogP contribution in [-0.4, -0.2) is 33.4 Å². The molecule has 0 aliphatic carbocycles. The summed E-state index contributed by atoms with van der Waals surface area (Å²) in [5, 5.41) is 3.51. The van der Waals surface area contributed by atoms with Gasteiger partial charge in [-0.2, -0.15) is 0 Å². The molecule has 0 radical (unpaired) electrons. The molecule has 2 rings (SSSR count). The molecule has 0 bridgehead atoms. The summed E-state index contributed by atoms with van der Waals surface area (Å²) in [4.78, 5) is 4.13. The summed E-state index contributed by atoms with van der Waals surface area (Å²) in [7, 11) is 3.13. The molecule has 0 atom stereocenters. The number of rotatable bonds is 3. The summed E-state index contributed by atoms with van der Waals surface area (Å²) in [5.41, 5.74) is 0.693. The number of aliphatic imine (C=N–C) groups is 1. The summed E-state index contributed by atoms with van der Waals surface area (Å²) in [5.74, 6) is 1.17. The maximum atomic E-state index is 6.04. The van der Waals surface area contributed by atoms with Gasteiger partial charge >= 0.3 is 0 Å². The molecule has 1 N–H and O–H groups in total. The van der Waals surface area contributed by atoms with Crippen LogP contribution in [0.4, 0.5) is 5.69 Å². The molecule has 0 aromatic heterocycles. The van der Waals surface area contributed by atoms with Crippen molar-refractivity contribution in [3.05, 3.63) is 17.2 Å². The first kappa shape index (κ1) is 11.9. The Labute approximate surface area is 104 Å². The van der Waals surface area contributed by atoms with E-state index in [1.165, 1.54) is 0 Å². The molecular weight excluding hydrogens is 244 g/mol. The Morgan fingerprint density at radius 3 is 2.65 bits per heavy atom. The second-order valence-corrected chi connectivity index (χ2v) is 3.75. The highest BCUT2D eigenvalue weighted by Gasteiger charge is 2.14. The van der Waals surface area contributed by atoms with Gasteiger partial charge in [-0.25, -0.2) is 4.99 Å². The van der Waals surface area contributed by atoms with Crippen molar-refractivity contribution in [3.63, 3.8) is 0 Å². The topological polar surface area (TPSA) is 52.1 Å². The van der Waals surface area contributed by atoms with Gasteiger partial charge in [0.05, 0.1) is 31.5 Å². The highest BCUT2D eigenvalue weighted by Crippen LogP contribution is 2.35. The number of anilines is 1. The van der Waals surface area contributed by atoms with Crippen molar-refractivity contribution >= 4 is 23.3 Å². The third-order valence-corrected chi connectivity index (χ3v) is 2.60. The number of amidine groups is 1. The molecule has 6 heteroatoms. The van der Waals surface area contributed by atoms with E-state index in [0.717, 1.165) is 0 Å². The van der Waals surface area contributed by atoms with Gasteiger partial charge in [0.1, 0.15) is 18.1 Å². The van der Waals surface area contributed by atoms with Gasteiger partial charge < -0.3 is 19.5 Å². The van der Waals surface area contributed by atoms with Crippen molar-refractivity contribution in [1.29, 1.82) is 0 Å². The van der Waals surface area contributed by atoms with Crippen LogP contribution in [0.5, 0.6) is 11.5 Å². The van der Waals surface area contributed by atoms with Gasteiger partial charge in [0.15, 0.2) is 0 Å². The number of nitrogens with zero attached hydrogens (tertiary/aromatic N) is 1. The van der Waals surface area contributed by atoms with Crippen LogP contribution in [0.3, 0.4) is 0 Å². The lowest BCUT2D eigenvalue weighted by atomic mass is 10.2. The van der Waals surface area contributed by atoms with Crippen LogP contribution in [0.1, 0.15) is 0 Å². The lowest BCUT2D eigenvalue weighted by Gasteiger charge is -2.13. The van der Waals surface area contributed by atoms with E-state index in [0.29, 0.717) is 41.4 Å². The first-order valence-corrected chi connectivity index (χ1v) is 5.48. The lowest BCUT2D eigenvalue weighted by molar-refractivity contribution is 0.346. The molecular formula is C11H13ClN2O3. The monoisotopic (exact) mass is 256 g/mol. The Morgan fingerprint density at radius 1 is 1.29 bits per heavy atom. The summed E-state index contributed by atoms with van der Waals surface area (Å²) in [6.45, 7) is 1.25. The van der Waals surface area contributed by atoms with Gasteiger partial charge in [-0.3, -0.25) is 0 Å². The highest BCUT2D eigenvalue weighted by molar-refractivity contribution is 6.32. The summed E-state index contributed by atoms with van der Waals surface area (Å²) in [6.07, 6.45) is 0. The predicted molar refractivity (Wildman–Crippen MR) is 66.4 cm³/mol. The molecule has 17 heavy (non-hydrogen) atoms. The number of hydrogen-bond donors (Lipinski definition) is 1. The fraction of sp³-hybridized carbons (Fsp3) is 0.364. The largest absolute Gasteiger partial charge is 0.495 e. The molecule has 0 saturated heterocycles. The van der Waals surface area contributed by atoms with Crippen molar-refractivity contribution < 1.29 is 14.2 Å². The first-order valence-electron chi connectivity index (χ1n) is 5.10. The SMILES string of the molecule is COc1cc(OC)c(NC2=NCCO2)cc1Cl. The van der Waals surface area contributed by atoms with Gasteiger partial charge in [-0.1, -0.05) is 11.6 Å². The summed E-state index contributed by atoms with van der Waals surface area (Å²) >= 11 is 6.04. The molecule has 0 amide bonds. The third kappa shape index (κ3) is 2.55. The third-order valence-electron chi connectivity index (χ3n) is 2.30. The van der Waals surface area contributed by atoms with E-state index in [4.69, 9.17) is 25.8 Å². The average Bonchev–Trinajstić information content (AvgIpc) is 2.82. The molecule has 1 heterocycles. The average molecular weight is 257 g/mol. The summed E-state index contributed by atoms with van der Waals surface area (Å²) < 4.78 is 15.6. The van der Waals surface area contributed by atoms with E-state index in [1.807, 2.05) is 0 Å². The van der Waals surface area contributed by atoms with Gasteiger partial charge in [-0.05, 0) is 6.07 Å². The molecule has 1 aliphatic heterocycles. The van der Waals surface area contributed by atoms with Gasteiger partial charge in [0.2, 0.25) is 0 Å².